The van der Waals surface area contributed by atoms with Crippen LogP contribution in [0.5, 0.6) is 0 Å². The number of aliphatic carboxylic acids is 3. The molecule has 0 bridgehead atoms. The van der Waals surface area contributed by atoms with E-state index in [1.54, 1.807) is 0 Å². The first-order chi connectivity index (χ1) is 29.3. The van der Waals surface area contributed by atoms with Gasteiger partial charge in [-0.15, -0.1) is 0 Å². The predicted molar refractivity (Wildman–Crippen MR) is 254 cm³/mol. The van der Waals surface area contributed by atoms with Gasteiger partial charge in [-0.1, -0.05) is 290 Å². The van der Waals surface area contributed by atoms with Crippen molar-refractivity contribution in [1.82, 2.24) is 0 Å². The van der Waals surface area contributed by atoms with Crippen LogP contribution in [0.4, 0.5) is 0 Å². The molecule has 0 aromatic rings. The van der Waals surface area contributed by atoms with E-state index in [9.17, 15) is 29.7 Å². The molecule has 0 aliphatic rings. The van der Waals surface area contributed by atoms with Crippen molar-refractivity contribution in [1.29, 1.82) is 0 Å². The molecule has 6 nitrogen and oxygen atoms in total. The Bertz CT molecular complexity index is 717. The van der Waals surface area contributed by atoms with Crippen LogP contribution in [0, 0.1) is 37.7 Å². The maximum atomic E-state index is 10.2. The molecule has 0 aromatic heterocycles. The molecule has 0 saturated heterocycles. The minimum Gasteiger partial charge on any atom is -0.550 e. The van der Waals surface area contributed by atoms with E-state index in [0.29, 0.717) is 0 Å². The van der Waals surface area contributed by atoms with Crippen LogP contribution in [0.1, 0.15) is 329 Å². The summed E-state index contributed by atoms with van der Waals surface area (Å²) in [5, 5.41) is 30.7. The van der Waals surface area contributed by atoms with Gasteiger partial charge in [0.15, 0.2) is 0 Å². The van der Waals surface area contributed by atoms with Crippen LogP contribution < -0.4 is 15.3 Å². The molecule has 0 amide bonds. The molecule has 0 fully saturated rings. The summed E-state index contributed by atoms with van der Waals surface area (Å²) in [4.78, 5) is 30.7. The molecule has 0 radical (unpaired) electrons. The third kappa shape index (κ3) is 77.3. The van der Waals surface area contributed by atoms with Crippen molar-refractivity contribution in [3.05, 3.63) is 0 Å². The van der Waals surface area contributed by atoms with E-state index in [1.165, 1.54) is 250 Å². The number of carboxylic acid groups (broad SMARTS) is 3. The first-order valence-electron chi connectivity index (χ1n) is 26.9. The Morgan fingerprint density at radius 2 is 0.311 bits per heavy atom. The average molecular weight is 1020 g/mol. The summed E-state index contributed by atoms with van der Waals surface area (Å²) >= 11 is 0. The molecule has 0 saturated carbocycles. The SMILES string of the molecule is CCCCCCCCCCCCCCCCCC(=O)[O-].CCCCCCCCCCCCCCCCCC(=O)[O-].CCCCCCCCCCCCCCCCCC(=O)[O-].[Ho+3]. The fourth-order valence-electron chi connectivity index (χ4n) is 7.92. The molecule has 7 heteroatoms. The molecule has 61 heavy (non-hydrogen) atoms. The maximum absolute atomic E-state index is 10.2. The number of hydrogen-bond donors (Lipinski definition) is 0. The number of carboxylic acids is 3. The van der Waals surface area contributed by atoms with E-state index in [0.717, 1.165) is 38.5 Å². The summed E-state index contributed by atoms with van der Waals surface area (Å²) < 4.78 is 0. The van der Waals surface area contributed by atoms with Crippen LogP contribution >= 0.6 is 0 Å². The molecule has 0 unspecified atom stereocenters. The van der Waals surface area contributed by atoms with Crippen LogP contribution in [0.25, 0.3) is 0 Å². The van der Waals surface area contributed by atoms with Crippen molar-refractivity contribution < 1.29 is 67.4 Å². The van der Waals surface area contributed by atoms with Gasteiger partial charge in [-0.3, -0.25) is 0 Å². The summed E-state index contributed by atoms with van der Waals surface area (Å²) in [6.45, 7) is 6.80. The standard InChI is InChI=1S/3C18H36O2.Ho/c3*1-2-3-4-5-6-7-8-9-10-11-12-13-14-15-16-17-18(19)20;/h3*2-17H2,1H3,(H,19,20);/q;;;+3/p-3. The third-order valence-electron chi connectivity index (χ3n) is 12.0. The van der Waals surface area contributed by atoms with E-state index in [-0.39, 0.29) is 57.0 Å². The van der Waals surface area contributed by atoms with Crippen LogP contribution in [0.15, 0.2) is 0 Å². The van der Waals surface area contributed by atoms with E-state index in [4.69, 9.17) is 0 Å². The van der Waals surface area contributed by atoms with Crippen molar-refractivity contribution in [3.63, 3.8) is 0 Å². The van der Waals surface area contributed by atoms with Gasteiger partial charge in [-0.2, -0.15) is 0 Å². The van der Waals surface area contributed by atoms with E-state index in [2.05, 4.69) is 20.8 Å². The summed E-state index contributed by atoms with van der Waals surface area (Å²) in [5.41, 5.74) is 0. The molecule has 0 aromatic carbocycles. The summed E-state index contributed by atoms with van der Waals surface area (Å²) in [7, 11) is 0. The molecule has 368 valence electrons. The number of carbonyl (C=O) groups excluding carboxylic acids is 3. The molecule has 0 heterocycles. The van der Waals surface area contributed by atoms with Crippen molar-refractivity contribution in [2.75, 3.05) is 0 Å². The Morgan fingerprint density at radius 3 is 0.410 bits per heavy atom. The summed E-state index contributed by atoms with van der Waals surface area (Å²) in [6.07, 6.45) is 59.6. The quantitative estimate of drug-likeness (QED) is 0.0442. The third-order valence-corrected chi connectivity index (χ3v) is 12.0. The maximum Gasteiger partial charge on any atom is 3.00 e. The normalized spacial score (nSPS) is 10.7. The van der Waals surface area contributed by atoms with Crippen LogP contribution in [-0.4, -0.2) is 17.9 Å². The van der Waals surface area contributed by atoms with Crippen molar-refractivity contribution in [3.8, 4) is 0 Å². The molecule has 0 aliphatic carbocycles. The second kappa shape index (κ2) is 64.0. The zero-order valence-electron chi connectivity index (χ0n) is 41.2. The molecular weight excluding hydrogens is 910 g/mol. The molecular formula is C54H105HoO6. The van der Waals surface area contributed by atoms with E-state index >= 15 is 0 Å². The number of unbranched alkanes of at least 4 members (excludes halogenated alkanes) is 42. The van der Waals surface area contributed by atoms with E-state index in [1.807, 2.05) is 0 Å². The summed E-state index contributed by atoms with van der Waals surface area (Å²) in [6, 6.07) is 0. The summed E-state index contributed by atoms with van der Waals surface area (Å²) in [5.74, 6) is -2.71. The molecule has 0 aliphatic heterocycles. The number of carbonyl (C=O) groups is 3. The smallest absolute Gasteiger partial charge is 0.550 e. The molecule has 0 rings (SSSR count). The first-order valence-corrected chi connectivity index (χ1v) is 26.9. The fraction of sp³-hybridized carbons (Fsp3) is 0.944. The Hall–Kier alpha value is -0.330. The Balaban J connectivity index is -0.000000396. The minimum atomic E-state index is -0.903. The number of hydrogen-bond acceptors (Lipinski definition) is 6. The van der Waals surface area contributed by atoms with E-state index < -0.39 is 17.9 Å². The van der Waals surface area contributed by atoms with Gasteiger partial charge in [-0.05, 0) is 38.5 Å². The average Bonchev–Trinajstić information content (AvgIpc) is 3.22. The number of rotatable bonds is 48. The van der Waals surface area contributed by atoms with Crippen LogP contribution in [0.2, 0.25) is 0 Å². The monoisotopic (exact) mass is 1010 g/mol. The van der Waals surface area contributed by atoms with Gasteiger partial charge in [0.25, 0.3) is 0 Å². The van der Waals surface area contributed by atoms with Crippen LogP contribution in [0.3, 0.4) is 0 Å². The zero-order chi connectivity index (χ0) is 44.7. The van der Waals surface area contributed by atoms with Gasteiger partial charge in [-0.25, -0.2) is 0 Å². The van der Waals surface area contributed by atoms with Gasteiger partial charge in [0.05, 0.1) is 0 Å². The predicted octanol–water partition coefficient (Wildman–Crippen LogP) is 15.0. The van der Waals surface area contributed by atoms with Gasteiger partial charge < -0.3 is 29.7 Å². The largest absolute Gasteiger partial charge is 3.00 e. The van der Waals surface area contributed by atoms with Gasteiger partial charge in [0, 0.05) is 17.9 Å². The first kappa shape index (κ1) is 67.3. The molecule has 0 N–H and O–H groups in total. The van der Waals surface area contributed by atoms with Gasteiger partial charge in [0.2, 0.25) is 0 Å². The molecule has 0 spiro atoms. The Morgan fingerprint density at radius 1 is 0.213 bits per heavy atom. The van der Waals surface area contributed by atoms with Crippen molar-refractivity contribution >= 4 is 17.9 Å². The topological polar surface area (TPSA) is 120 Å². The zero-order valence-corrected chi connectivity index (χ0v) is 43.1. The van der Waals surface area contributed by atoms with Gasteiger partial charge >= 0.3 is 37.7 Å². The van der Waals surface area contributed by atoms with Crippen molar-refractivity contribution in [2.24, 2.45) is 0 Å². The minimum absolute atomic E-state index is 0. The fourth-order valence-corrected chi connectivity index (χ4v) is 7.92. The van der Waals surface area contributed by atoms with Gasteiger partial charge in [0.1, 0.15) is 0 Å². The second-order valence-corrected chi connectivity index (χ2v) is 18.2. The Labute approximate surface area is 411 Å². The Kier molecular flexibility index (Phi) is 70.5. The second-order valence-electron chi connectivity index (χ2n) is 18.2. The van der Waals surface area contributed by atoms with Crippen LogP contribution in [-0.2, 0) is 14.4 Å². The van der Waals surface area contributed by atoms with Crippen molar-refractivity contribution in [2.45, 2.75) is 329 Å². The molecule has 0 atom stereocenters.